The maximum atomic E-state index is 12.0. The van der Waals surface area contributed by atoms with Gasteiger partial charge in [-0.3, -0.25) is 9.00 Å². The molecule has 1 amide bonds. The van der Waals surface area contributed by atoms with Gasteiger partial charge in [0.05, 0.1) is 17.2 Å². The third-order valence-electron chi connectivity index (χ3n) is 3.06. The van der Waals surface area contributed by atoms with Crippen LogP contribution in [0, 0.1) is 6.92 Å². The first kappa shape index (κ1) is 15.4. The quantitative estimate of drug-likeness (QED) is 0.891. The Morgan fingerprint density at radius 2 is 1.86 bits per heavy atom. The van der Waals surface area contributed by atoms with Gasteiger partial charge in [-0.2, -0.15) is 0 Å². The van der Waals surface area contributed by atoms with E-state index in [9.17, 15) is 9.00 Å². The Morgan fingerprint density at radius 3 is 2.57 bits per heavy atom. The van der Waals surface area contributed by atoms with Crippen molar-refractivity contribution in [3.8, 4) is 0 Å². The van der Waals surface area contributed by atoms with Crippen LogP contribution in [0.1, 0.15) is 11.1 Å². The molecule has 1 N–H and O–H groups in total. The summed E-state index contributed by atoms with van der Waals surface area (Å²) < 4.78 is 12.0. The second-order valence-electron chi connectivity index (χ2n) is 4.88. The zero-order valence-corrected chi connectivity index (χ0v) is 12.9. The molecule has 0 spiro atoms. The predicted octanol–water partition coefficient (Wildman–Crippen LogP) is 2.46. The second kappa shape index (κ2) is 7.74. The molecule has 0 unspecified atom stereocenters. The Kier molecular flexibility index (Phi) is 5.69. The molecule has 2 aromatic rings. The molecule has 0 heterocycles. The minimum atomic E-state index is -1.06. The fourth-order valence-electron chi connectivity index (χ4n) is 2.04. The fraction of sp³-hybridized carbons (Fsp3) is 0.235. The number of carbonyl (C=O) groups is 1. The Balaban J connectivity index is 1.76. The van der Waals surface area contributed by atoms with Gasteiger partial charge < -0.3 is 5.32 Å². The first-order chi connectivity index (χ1) is 10.1. The standard InChI is InChI=1S/C17H19NO2S/c1-14-6-5-7-15(12-14)13-17(19)18-10-11-21(20)16-8-3-2-4-9-16/h2-9,12H,10-11,13H2,1H3,(H,18,19)/t21-/m1/s1. The zero-order valence-electron chi connectivity index (χ0n) is 12.0. The second-order valence-corrected chi connectivity index (χ2v) is 6.45. The maximum Gasteiger partial charge on any atom is 0.224 e. The number of rotatable bonds is 6. The van der Waals surface area contributed by atoms with Gasteiger partial charge in [0.15, 0.2) is 0 Å². The number of nitrogens with one attached hydrogen (secondary N) is 1. The van der Waals surface area contributed by atoms with Crippen LogP contribution in [0.4, 0.5) is 0 Å². The highest BCUT2D eigenvalue weighted by atomic mass is 32.2. The number of carbonyl (C=O) groups excluding carboxylic acids is 1. The first-order valence-corrected chi connectivity index (χ1v) is 8.23. The van der Waals surface area contributed by atoms with Crippen LogP contribution in [0.25, 0.3) is 0 Å². The minimum absolute atomic E-state index is 0.0364. The van der Waals surface area contributed by atoms with E-state index in [-0.39, 0.29) is 5.91 Å². The zero-order chi connectivity index (χ0) is 15.1. The molecule has 0 aliphatic carbocycles. The summed E-state index contributed by atoms with van der Waals surface area (Å²) >= 11 is 0. The van der Waals surface area contributed by atoms with E-state index < -0.39 is 10.8 Å². The molecule has 0 aromatic heterocycles. The fourth-order valence-corrected chi connectivity index (χ4v) is 3.03. The molecule has 0 saturated heterocycles. The van der Waals surface area contributed by atoms with E-state index in [4.69, 9.17) is 0 Å². The van der Waals surface area contributed by atoms with Gasteiger partial charge in [0.2, 0.25) is 5.91 Å². The van der Waals surface area contributed by atoms with Gasteiger partial charge >= 0.3 is 0 Å². The van der Waals surface area contributed by atoms with Crippen molar-refractivity contribution in [3.05, 3.63) is 65.7 Å². The molecule has 2 rings (SSSR count). The molecular weight excluding hydrogens is 282 g/mol. The van der Waals surface area contributed by atoms with Gasteiger partial charge in [0.1, 0.15) is 0 Å². The normalized spacial score (nSPS) is 11.9. The molecule has 0 fully saturated rings. The Hall–Kier alpha value is -1.94. The number of hydrogen-bond donors (Lipinski definition) is 1. The van der Waals surface area contributed by atoms with Crippen LogP contribution in [0.15, 0.2) is 59.5 Å². The smallest absolute Gasteiger partial charge is 0.224 e. The van der Waals surface area contributed by atoms with Gasteiger partial charge in [0.25, 0.3) is 0 Å². The van der Waals surface area contributed by atoms with E-state index >= 15 is 0 Å². The highest BCUT2D eigenvalue weighted by molar-refractivity contribution is 7.85. The summed E-state index contributed by atoms with van der Waals surface area (Å²) in [6.45, 7) is 2.43. The molecule has 3 nitrogen and oxygen atoms in total. The third-order valence-corrected chi connectivity index (χ3v) is 4.44. The molecule has 21 heavy (non-hydrogen) atoms. The first-order valence-electron chi connectivity index (χ1n) is 6.91. The van der Waals surface area contributed by atoms with Gasteiger partial charge in [-0.25, -0.2) is 0 Å². The summed E-state index contributed by atoms with van der Waals surface area (Å²) in [5, 5.41) is 2.82. The number of aryl methyl sites for hydroxylation is 1. The van der Waals surface area contributed by atoms with Crippen molar-refractivity contribution in [3.63, 3.8) is 0 Å². The third kappa shape index (κ3) is 5.16. The topological polar surface area (TPSA) is 46.2 Å². The Morgan fingerprint density at radius 1 is 1.10 bits per heavy atom. The van der Waals surface area contributed by atoms with E-state index in [1.807, 2.05) is 61.5 Å². The van der Waals surface area contributed by atoms with Crippen molar-refractivity contribution in [2.45, 2.75) is 18.2 Å². The van der Waals surface area contributed by atoms with Crippen LogP contribution in [-0.4, -0.2) is 22.4 Å². The molecule has 0 saturated carbocycles. The van der Waals surface area contributed by atoms with Crippen molar-refractivity contribution >= 4 is 16.7 Å². The summed E-state index contributed by atoms with van der Waals surface area (Å²) in [4.78, 5) is 12.6. The van der Waals surface area contributed by atoms with E-state index in [0.717, 1.165) is 16.0 Å². The highest BCUT2D eigenvalue weighted by Gasteiger charge is 2.06. The minimum Gasteiger partial charge on any atom is -0.355 e. The Bertz CT molecular complexity index is 626. The lowest BCUT2D eigenvalue weighted by molar-refractivity contribution is -0.120. The molecule has 1 atom stereocenters. The summed E-state index contributed by atoms with van der Waals surface area (Å²) in [6.07, 6.45) is 0.361. The van der Waals surface area contributed by atoms with E-state index in [1.54, 1.807) is 0 Å². The summed E-state index contributed by atoms with van der Waals surface area (Å²) in [5.74, 6) is 0.398. The lowest BCUT2D eigenvalue weighted by Gasteiger charge is -2.06. The van der Waals surface area contributed by atoms with Crippen LogP contribution in [0.2, 0.25) is 0 Å². The maximum absolute atomic E-state index is 12.0. The van der Waals surface area contributed by atoms with Gasteiger partial charge in [0, 0.05) is 17.2 Å². The van der Waals surface area contributed by atoms with Crippen molar-refractivity contribution < 1.29 is 9.00 Å². The van der Waals surface area contributed by atoms with Crippen molar-refractivity contribution in [1.82, 2.24) is 5.32 Å². The van der Waals surface area contributed by atoms with Gasteiger partial charge in [-0.1, -0.05) is 48.0 Å². The number of amides is 1. The molecule has 0 bridgehead atoms. The molecule has 0 radical (unpaired) electrons. The monoisotopic (exact) mass is 301 g/mol. The van der Waals surface area contributed by atoms with Gasteiger partial charge in [-0.15, -0.1) is 0 Å². The van der Waals surface area contributed by atoms with E-state index in [0.29, 0.717) is 18.7 Å². The average molecular weight is 301 g/mol. The van der Waals surface area contributed by atoms with Crippen LogP contribution in [0.5, 0.6) is 0 Å². The van der Waals surface area contributed by atoms with Crippen LogP contribution in [0.3, 0.4) is 0 Å². The highest BCUT2D eigenvalue weighted by Crippen LogP contribution is 2.06. The van der Waals surface area contributed by atoms with Crippen molar-refractivity contribution in [2.24, 2.45) is 0 Å². The average Bonchev–Trinajstić information content (AvgIpc) is 2.48. The van der Waals surface area contributed by atoms with Crippen molar-refractivity contribution in [2.75, 3.05) is 12.3 Å². The Labute approximate surface area is 127 Å². The largest absolute Gasteiger partial charge is 0.355 e. The molecule has 2 aromatic carbocycles. The molecule has 110 valence electrons. The van der Waals surface area contributed by atoms with Crippen molar-refractivity contribution in [1.29, 1.82) is 0 Å². The predicted molar refractivity (Wildman–Crippen MR) is 85.6 cm³/mol. The van der Waals surface area contributed by atoms with Gasteiger partial charge in [-0.05, 0) is 24.6 Å². The number of hydrogen-bond acceptors (Lipinski definition) is 2. The van der Waals surface area contributed by atoms with Crippen LogP contribution >= 0.6 is 0 Å². The molecule has 4 heteroatoms. The number of benzene rings is 2. The molecule has 0 aliphatic rings. The lowest BCUT2D eigenvalue weighted by atomic mass is 10.1. The lowest BCUT2D eigenvalue weighted by Crippen LogP contribution is -2.29. The summed E-state index contributed by atoms with van der Waals surface area (Å²) in [7, 11) is -1.06. The summed E-state index contributed by atoms with van der Waals surface area (Å²) in [6, 6.07) is 17.2. The van der Waals surface area contributed by atoms with E-state index in [2.05, 4.69) is 5.32 Å². The molecule has 0 aliphatic heterocycles. The SMILES string of the molecule is Cc1cccc(CC(=O)NCC[S@@](=O)c2ccccc2)c1. The van der Waals surface area contributed by atoms with E-state index in [1.165, 1.54) is 0 Å². The van der Waals surface area contributed by atoms with Crippen LogP contribution in [-0.2, 0) is 22.0 Å². The summed E-state index contributed by atoms with van der Waals surface area (Å²) in [5.41, 5.74) is 2.14. The molecular formula is C17H19NO2S. The van der Waals surface area contributed by atoms with Crippen LogP contribution < -0.4 is 5.32 Å².